The van der Waals surface area contributed by atoms with Gasteiger partial charge < -0.3 is 4.74 Å². The molecule has 33 heavy (non-hydrogen) atoms. The van der Waals surface area contributed by atoms with Gasteiger partial charge in [0, 0.05) is 11.3 Å². The first-order valence-electron chi connectivity index (χ1n) is 11.3. The van der Waals surface area contributed by atoms with Gasteiger partial charge in [-0.1, -0.05) is 61.5 Å². The Bertz CT molecular complexity index is 1300. The van der Waals surface area contributed by atoms with Crippen molar-refractivity contribution in [3.63, 3.8) is 0 Å². The van der Waals surface area contributed by atoms with Crippen molar-refractivity contribution in [1.82, 2.24) is 0 Å². The minimum Gasteiger partial charge on any atom is -0.462 e. The molecule has 0 saturated carbocycles. The van der Waals surface area contributed by atoms with E-state index in [0.29, 0.717) is 11.3 Å². The molecule has 0 aromatic heterocycles. The highest BCUT2D eigenvalue weighted by molar-refractivity contribution is 6.24. The maximum atomic E-state index is 14.0. The van der Waals surface area contributed by atoms with Crippen molar-refractivity contribution in [2.45, 2.75) is 25.2 Å². The number of hydrogen-bond acceptors (Lipinski definition) is 4. The number of nitrogens with zero attached hydrogens (tertiary/aromatic N) is 1. The van der Waals surface area contributed by atoms with E-state index in [2.05, 4.69) is 31.2 Å². The lowest BCUT2D eigenvalue weighted by Gasteiger charge is -2.52. The van der Waals surface area contributed by atoms with Gasteiger partial charge >= 0.3 is 5.97 Å². The maximum Gasteiger partial charge on any atom is 0.338 e. The third-order valence-corrected chi connectivity index (χ3v) is 7.66. The molecule has 3 aromatic carbocycles. The third-order valence-electron chi connectivity index (χ3n) is 7.66. The van der Waals surface area contributed by atoms with Crippen LogP contribution in [0.15, 0.2) is 72.8 Å². The van der Waals surface area contributed by atoms with Crippen molar-refractivity contribution in [1.29, 1.82) is 0 Å². The molecule has 7 rings (SSSR count). The van der Waals surface area contributed by atoms with Crippen molar-refractivity contribution in [3.8, 4) is 0 Å². The van der Waals surface area contributed by atoms with Crippen molar-refractivity contribution in [2.75, 3.05) is 11.5 Å². The lowest BCUT2D eigenvalue weighted by molar-refractivity contribution is -0.123. The van der Waals surface area contributed by atoms with E-state index in [1.807, 2.05) is 24.3 Å². The Balaban J connectivity index is 1.52. The topological polar surface area (TPSA) is 63.7 Å². The molecule has 2 atom stereocenters. The van der Waals surface area contributed by atoms with Gasteiger partial charge in [0.1, 0.15) is 0 Å². The number of rotatable bonds is 3. The number of esters is 1. The number of imide groups is 1. The largest absolute Gasteiger partial charge is 0.462 e. The number of carbonyl (C=O) groups is 3. The smallest absolute Gasteiger partial charge is 0.338 e. The molecule has 0 spiro atoms. The predicted octanol–water partition coefficient (Wildman–Crippen LogP) is 4.43. The van der Waals surface area contributed by atoms with E-state index in [4.69, 9.17) is 4.74 Å². The average molecular weight is 437 g/mol. The van der Waals surface area contributed by atoms with Gasteiger partial charge in [-0.25, -0.2) is 9.69 Å². The van der Waals surface area contributed by atoms with Crippen LogP contribution in [0.3, 0.4) is 0 Å². The summed E-state index contributed by atoms with van der Waals surface area (Å²) in [6.45, 7) is 4.10. The zero-order valence-corrected chi connectivity index (χ0v) is 18.4. The Morgan fingerprint density at radius 1 is 0.909 bits per heavy atom. The molecule has 1 aliphatic heterocycles. The number of amides is 2. The molecule has 1 saturated heterocycles. The van der Waals surface area contributed by atoms with E-state index in [1.54, 1.807) is 31.2 Å². The van der Waals surface area contributed by atoms with Gasteiger partial charge in [-0.3, -0.25) is 9.59 Å². The molecule has 4 aliphatic rings. The molecule has 3 aliphatic carbocycles. The van der Waals surface area contributed by atoms with Crippen molar-refractivity contribution in [2.24, 2.45) is 11.8 Å². The highest BCUT2D eigenvalue weighted by Gasteiger charge is 2.66. The van der Waals surface area contributed by atoms with Gasteiger partial charge in [0.15, 0.2) is 0 Å². The summed E-state index contributed by atoms with van der Waals surface area (Å²) in [5.41, 5.74) is 4.64. The standard InChI is InChI=1S/C28H23NO4/c1-3-33-27(32)16-9-8-10-17(15-16)29-25(30)23-22-18-11-4-6-13-20(18)28(2,24(23)26(29)31)21-14-7-5-12-19(21)22/h4-15,22-24H,3H2,1-2H3/t22?,23-,24+,28?/m1/s1. The van der Waals surface area contributed by atoms with E-state index in [9.17, 15) is 14.4 Å². The number of anilines is 1. The van der Waals surface area contributed by atoms with Crippen LogP contribution in [0.4, 0.5) is 5.69 Å². The fourth-order valence-corrected chi connectivity index (χ4v) is 6.39. The minimum atomic E-state index is -0.604. The van der Waals surface area contributed by atoms with Crippen LogP contribution in [-0.4, -0.2) is 24.4 Å². The number of carbonyl (C=O) groups excluding carboxylic acids is 3. The first-order valence-corrected chi connectivity index (χ1v) is 11.3. The number of ether oxygens (including phenoxy) is 1. The second-order valence-corrected chi connectivity index (χ2v) is 9.14. The second-order valence-electron chi connectivity index (χ2n) is 9.14. The summed E-state index contributed by atoms with van der Waals surface area (Å²) in [6, 6.07) is 23.0. The SMILES string of the molecule is CCOC(=O)c1cccc(N2C(=O)[C@@H]3C4c5ccccc5C(C)(c5ccccc54)[C@@H]3C2=O)c1. The van der Waals surface area contributed by atoms with Gasteiger partial charge in [0.2, 0.25) is 11.8 Å². The molecular weight excluding hydrogens is 414 g/mol. The number of benzene rings is 3. The zero-order valence-electron chi connectivity index (χ0n) is 18.4. The fraction of sp³-hybridized carbons (Fsp3) is 0.250. The molecule has 0 radical (unpaired) electrons. The van der Waals surface area contributed by atoms with Crippen LogP contribution >= 0.6 is 0 Å². The van der Waals surface area contributed by atoms with Crippen molar-refractivity contribution in [3.05, 3.63) is 101 Å². The fourth-order valence-electron chi connectivity index (χ4n) is 6.39. The van der Waals surface area contributed by atoms with E-state index >= 15 is 0 Å². The molecule has 0 N–H and O–H groups in total. The Labute approximate surface area is 192 Å². The van der Waals surface area contributed by atoms with Crippen LogP contribution < -0.4 is 4.90 Å². The lowest BCUT2D eigenvalue weighted by atomic mass is 9.48. The van der Waals surface area contributed by atoms with Gasteiger partial charge in [0.05, 0.1) is 29.7 Å². The molecule has 2 bridgehead atoms. The number of hydrogen-bond donors (Lipinski definition) is 0. The monoisotopic (exact) mass is 437 g/mol. The molecule has 1 fully saturated rings. The summed E-state index contributed by atoms with van der Waals surface area (Å²) >= 11 is 0. The van der Waals surface area contributed by atoms with Gasteiger partial charge in [-0.05, 0) is 47.4 Å². The first-order chi connectivity index (χ1) is 16.0. The van der Waals surface area contributed by atoms with E-state index in [0.717, 1.165) is 22.3 Å². The normalized spacial score (nSPS) is 26.6. The molecule has 1 heterocycles. The Morgan fingerprint density at radius 2 is 1.55 bits per heavy atom. The summed E-state index contributed by atoms with van der Waals surface area (Å²) in [4.78, 5) is 41.4. The van der Waals surface area contributed by atoms with Crippen LogP contribution in [0, 0.1) is 11.8 Å². The summed E-state index contributed by atoms with van der Waals surface area (Å²) in [7, 11) is 0. The van der Waals surface area contributed by atoms with E-state index in [-0.39, 0.29) is 24.3 Å². The Morgan fingerprint density at radius 3 is 2.18 bits per heavy atom. The Kier molecular flexibility index (Phi) is 4.15. The highest BCUT2D eigenvalue weighted by Crippen LogP contribution is 2.64. The van der Waals surface area contributed by atoms with Crippen molar-refractivity contribution >= 4 is 23.5 Å². The van der Waals surface area contributed by atoms with E-state index < -0.39 is 23.2 Å². The Hall–Kier alpha value is -3.73. The highest BCUT2D eigenvalue weighted by atomic mass is 16.5. The van der Waals surface area contributed by atoms with Crippen LogP contribution in [0.1, 0.15) is 52.4 Å². The molecule has 5 heteroatoms. The minimum absolute atomic E-state index is 0.168. The summed E-state index contributed by atoms with van der Waals surface area (Å²) in [5, 5.41) is 0. The van der Waals surface area contributed by atoms with Crippen LogP contribution in [0.25, 0.3) is 0 Å². The molecule has 164 valence electrons. The third kappa shape index (κ3) is 2.45. The molecule has 2 amide bonds. The molecular formula is C28H23NO4. The van der Waals surface area contributed by atoms with Crippen LogP contribution in [0.5, 0.6) is 0 Å². The van der Waals surface area contributed by atoms with Crippen LogP contribution in [-0.2, 0) is 19.7 Å². The first kappa shape index (κ1) is 19.9. The molecule has 5 nitrogen and oxygen atoms in total. The van der Waals surface area contributed by atoms with E-state index in [1.165, 1.54) is 4.90 Å². The van der Waals surface area contributed by atoms with Gasteiger partial charge in [0.25, 0.3) is 0 Å². The second kappa shape index (κ2) is 6.88. The summed E-state index contributed by atoms with van der Waals surface area (Å²) < 4.78 is 5.11. The molecule has 0 unspecified atom stereocenters. The maximum absolute atomic E-state index is 14.0. The summed E-state index contributed by atoms with van der Waals surface area (Å²) in [5.74, 6) is -2.01. The zero-order chi connectivity index (χ0) is 22.9. The van der Waals surface area contributed by atoms with Gasteiger partial charge in [-0.2, -0.15) is 0 Å². The quantitative estimate of drug-likeness (QED) is 0.449. The van der Waals surface area contributed by atoms with Crippen LogP contribution in [0.2, 0.25) is 0 Å². The molecule has 3 aromatic rings. The van der Waals surface area contributed by atoms with Gasteiger partial charge in [-0.15, -0.1) is 0 Å². The lowest BCUT2D eigenvalue weighted by Crippen LogP contribution is -2.51. The predicted molar refractivity (Wildman–Crippen MR) is 123 cm³/mol. The summed E-state index contributed by atoms with van der Waals surface area (Å²) in [6.07, 6.45) is 0. The van der Waals surface area contributed by atoms with Crippen molar-refractivity contribution < 1.29 is 19.1 Å². The average Bonchev–Trinajstić information content (AvgIpc) is 3.11.